The number of anilines is 1. The number of nitriles is 2. The highest BCUT2D eigenvalue weighted by Crippen LogP contribution is 2.22. The molecule has 1 aromatic carbocycles. The van der Waals surface area contributed by atoms with Gasteiger partial charge in [0.2, 0.25) is 5.91 Å². The molecule has 0 bridgehead atoms. The third-order valence-corrected chi connectivity index (χ3v) is 2.68. The van der Waals surface area contributed by atoms with Crippen molar-refractivity contribution in [2.45, 2.75) is 13.8 Å². The van der Waals surface area contributed by atoms with Gasteiger partial charge in [-0.15, -0.1) is 0 Å². The fourth-order valence-corrected chi connectivity index (χ4v) is 1.61. The Morgan fingerprint density at radius 3 is 2.56 bits per heavy atom. The van der Waals surface area contributed by atoms with Crippen molar-refractivity contribution in [3.8, 4) is 12.1 Å². The van der Waals surface area contributed by atoms with Gasteiger partial charge < -0.3 is 5.32 Å². The molecular formula is C13H12ClN3O. The van der Waals surface area contributed by atoms with Gasteiger partial charge in [0.1, 0.15) is 12.0 Å². The number of carbonyl (C=O) groups is 1. The summed E-state index contributed by atoms with van der Waals surface area (Å²) in [6.45, 7) is 3.58. The summed E-state index contributed by atoms with van der Waals surface area (Å²) in [6, 6.07) is 8.49. The van der Waals surface area contributed by atoms with Crippen LogP contribution in [-0.2, 0) is 4.79 Å². The summed E-state index contributed by atoms with van der Waals surface area (Å²) in [5, 5.41) is 20.8. The zero-order chi connectivity index (χ0) is 13.7. The van der Waals surface area contributed by atoms with E-state index >= 15 is 0 Å². The SMILES string of the molecule is CC(C)C(C#N)C(=O)Nc1cc(Cl)ccc1C#N. The first-order valence-corrected chi connectivity index (χ1v) is 5.77. The maximum Gasteiger partial charge on any atom is 0.242 e. The van der Waals surface area contributed by atoms with Gasteiger partial charge in [0.05, 0.1) is 17.3 Å². The Morgan fingerprint density at radius 2 is 2.06 bits per heavy atom. The van der Waals surface area contributed by atoms with Crippen LogP contribution in [0.15, 0.2) is 18.2 Å². The zero-order valence-electron chi connectivity index (χ0n) is 10.1. The van der Waals surface area contributed by atoms with Crippen LogP contribution in [-0.4, -0.2) is 5.91 Å². The topological polar surface area (TPSA) is 76.7 Å². The highest BCUT2D eigenvalue weighted by atomic mass is 35.5. The second-order valence-electron chi connectivity index (χ2n) is 4.14. The monoisotopic (exact) mass is 261 g/mol. The van der Waals surface area contributed by atoms with Crippen molar-refractivity contribution >= 4 is 23.2 Å². The Morgan fingerprint density at radius 1 is 1.39 bits per heavy atom. The van der Waals surface area contributed by atoms with Crippen LogP contribution in [0.2, 0.25) is 5.02 Å². The van der Waals surface area contributed by atoms with Gasteiger partial charge in [0.15, 0.2) is 0 Å². The van der Waals surface area contributed by atoms with Crippen LogP contribution < -0.4 is 5.32 Å². The maximum absolute atomic E-state index is 11.9. The van der Waals surface area contributed by atoms with Crippen molar-refractivity contribution in [1.29, 1.82) is 10.5 Å². The predicted molar refractivity (Wildman–Crippen MR) is 68.7 cm³/mol. The minimum atomic E-state index is -0.754. The number of amides is 1. The van der Waals surface area contributed by atoms with Gasteiger partial charge >= 0.3 is 0 Å². The van der Waals surface area contributed by atoms with Gasteiger partial charge in [-0.2, -0.15) is 10.5 Å². The number of hydrogen-bond donors (Lipinski definition) is 1. The van der Waals surface area contributed by atoms with Gasteiger partial charge in [-0.3, -0.25) is 4.79 Å². The predicted octanol–water partition coefficient (Wildman–Crippen LogP) is 2.95. The maximum atomic E-state index is 11.9. The molecule has 0 fully saturated rings. The molecule has 4 nitrogen and oxygen atoms in total. The summed E-state index contributed by atoms with van der Waals surface area (Å²) in [4.78, 5) is 11.9. The summed E-state index contributed by atoms with van der Waals surface area (Å²) in [6.07, 6.45) is 0. The minimum absolute atomic E-state index is 0.0975. The molecule has 1 unspecified atom stereocenters. The smallest absolute Gasteiger partial charge is 0.242 e. The molecule has 1 amide bonds. The van der Waals surface area contributed by atoms with Crippen LogP contribution in [0, 0.1) is 34.5 Å². The summed E-state index contributed by atoms with van der Waals surface area (Å²) in [5.74, 6) is -1.28. The fraction of sp³-hybridized carbons (Fsp3) is 0.308. The molecule has 1 aromatic rings. The van der Waals surface area contributed by atoms with E-state index in [4.69, 9.17) is 22.1 Å². The molecule has 18 heavy (non-hydrogen) atoms. The Bertz CT molecular complexity index is 540. The molecule has 1 N–H and O–H groups in total. The molecule has 0 aliphatic carbocycles. The van der Waals surface area contributed by atoms with Gasteiger partial charge in [-0.1, -0.05) is 25.4 Å². The van der Waals surface area contributed by atoms with E-state index < -0.39 is 11.8 Å². The normalized spacial score (nSPS) is 11.4. The minimum Gasteiger partial charge on any atom is -0.324 e. The van der Waals surface area contributed by atoms with E-state index in [1.807, 2.05) is 12.1 Å². The van der Waals surface area contributed by atoms with E-state index in [-0.39, 0.29) is 5.92 Å². The highest BCUT2D eigenvalue weighted by Gasteiger charge is 2.22. The van der Waals surface area contributed by atoms with Crippen LogP contribution >= 0.6 is 11.6 Å². The fourth-order valence-electron chi connectivity index (χ4n) is 1.44. The number of halogens is 1. The van der Waals surface area contributed by atoms with Crippen LogP contribution in [0.1, 0.15) is 19.4 Å². The standard InChI is InChI=1S/C13H12ClN3O/c1-8(2)11(7-16)13(18)17-12-5-10(14)4-3-9(12)6-15/h3-5,8,11H,1-2H3,(H,17,18). The first-order chi connectivity index (χ1) is 8.49. The largest absolute Gasteiger partial charge is 0.324 e. The molecule has 0 saturated heterocycles. The van der Waals surface area contributed by atoms with E-state index in [1.165, 1.54) is 12.1 Å². The van der Waals surface area contributed by atoms with Crippen molar-refractivity contribution in [2.24, 2.45) is 11.8 Å². The molecule has 0 radical (unpaired) electrons. The first kappa shape index (κ1) is 14.0. The van der Waals surface area contributed by atoms with Gasteiger partial charge in [-0.25, -0.2) is 0 Å². The van der Waals surface area contributed by atoms with Gasteiger partial charge in [0.25, 0.3) is 0 Å². The molecule has 5 heteroatoms. The summed E-state index contributed by atoms with van der Waals surface area (Å²) in [7, 11) is 0. The lowest BCUT2D eigenvalue weighted by Crippen LogP contribution is -2.26. The van der Waals surface area contributed by atoms with Gasteiger partial charge in [0, 0.05) is 5.02 Å². The third kappa shape index (κ3) is 3.23. The van der Waals surface area contributed by atoms with Crippen LogP contribution in [0.5, 0.6) is 0 Å². The van der Waals surface area contributed by atoms with Gasteiger partial charge in [-0.05, 0) is 24.1 Å². The molecular weight excluding hydrogens is 250 g/mol. The number of nitrogens with zero attached hydrogens (tertiary/aromatic N) is 2. The summed E-state index contributed by atoms with van der Waals surface area (Å²) < 4.78 is 0. The molecule has 1 atom stereocenters. The molecule has 92 valence electrons. The average molecular weight is 262 g/mol. The van der Waals surface area contributed by atoms with Crippen molar-refractivity contribution < 1.29 is 4.79 Å². The number of benzene rings is 1. The Hall–Kier alpha value is -2.04. The average Bonchev–Trinajstić information content (AvgIpc) is 2.29. The second kappa shape index (κ2) is 6.05. The first-order valence-electron chi connectivity index (χ1n) is 5.39. The lowest BCUT2D eigenvalue weighted by atomic mass is 9.96. The van der Waals surface area contributed by atoms with E-state index in [1.54, 1.807) is 19.9 Å². The lowest BCUT2D eigenvalue weighted by molar-refractivity contribution is -0.119. The second-order valence-corrected chi connectivity index (χ2v) is 4.58. The van der Waals surface area contributed by atoms with E-state index in [2.05, 4.69) is 5.32 Å². The van der Waals surface area contributed by atoms with Crippen molar-refractivity contribution in [2.75, 3.05) is 5.32 Å². The van der Waals surface area contributed by atoms with Crippen molar-refractivity contribution in [1.82, 2.24) is 0 Å². The number of hydrogen-bond acceptors (Lipinski definition) is 3. The molecule has 0 heterocycles. The summed E-state index contributed by atoms with van der Waals surface area (Å²) in [5.41, 5.74) is 0.643. The molecule has 0 aliphatic heterocycles. The molecule has 0 spiro atoms. The Balaban J connectivity index is 2.99. The number of rotatable bonds is 3. The number of carbonyl (C=O) groups excluding carboxylic acids is 1. The van der Waals surface area contributed by atoms with E-state index in [9.17, 15) is 4.79 Å². The molecule has 0 aliphatic rings. The number of nitrogens with one attached hydrogen (secondary N) is 1. The van der Waals surface area contributed by atoms with E-state index in [0.717, 1.165) is 0 Å². The Labute approximate surface area is 111 Å². The Kier molecular flexibility index (Phi) is 4.71. The molecule has 0 aromatic heterocycles. The zero-order valence-corrected chi connectivity index (χ0v) is 10.8. The molecule has 0 saturated carbocycles. The van der Waals surface area contributed by atoms with Crippen molar-refractivity contribution in [3.05, 3.63) is 28.8 Å². The quantitative estimate of drug-likeness (QED) is 0.909. The van der Waals surface area contributed by atoms with E-state index in [0.29, 0.717) is 16.3 Å². The summed E-state index contributed by atoms with van der Waals surface area (Å²) >= 11 is 5.81. The molecule has 1 rings (SSSR count). The lowest BCUT2D eigenvalue weighted by Gasteiger charge is -2.14. The highest BCUT2D eigenvalue weighted by molar-refractivity contribution is 6.31. The van der Waals surface area contributed by atoms with Crippen LogP contribution in [0.3, 0.4) is 0 Å². The third-order valence-electron chi connectivity index (χ3n) is 2.45. The van der Waals surface area contributed by atoms with Crippen LogP contribution in [0.25, 0.3) is 0 Å². The van der Waals surface area contributed by atoms with Crippen LogP contribution in [0.4, 0.5) is 5.69 Å². The van der Waals surface area contributed by atoms with Crippen molar-refractivity contribution in [3.63, 3.8) is 0 Å².